The minimum absolute atomic E-state index is 0.00112. The normalized spacial score (nSPS) is 18.8. The van der Waals surface area contributed by atoms with Crippen LogP contribution in [0, 0.1) is 17.2 Å². The fourth-order valence-corrected chi connectivity index (χ4v) is 13.7. The highest BCUT2D eigenvalue weighted by Gasteiger charge is 2.42. The molecule has 25 nitrogen and oxygen atoms in total. The molecule has 6 amide bonds. The first-order valence-corrected chi connectivity index (χ1v) is 34.7. The highest BCUT2D eigenvalue weighted by atomic mass is 32.2. The number of rotatable bonds is 24. The summed E-state index contributed by atoms with van der Waals surface area (Å²) in [7, 11) is 3.02. The first-order valence-electron chi connectivity index (χ1n) is 33.8. The molecule has 5 aliphatic rings. The maximum Gasteiger partial charge on any atom is 0.409 e. The first kappa shape index (κ1) is 75.8. The van der Waals surface area contributed by atoms with E-state index < -0.39 is 76.9 Å². The summed E-state index contributed by atoms with van der Waals surface area (Å²) in [6.45, 7) is 16.3. The molecule has 3 heterocycles. The number of ether oxygens (including phenoxy) is 5. The topological polar surface area (TPSA) is 347 Å². The van der Waals surface area contributed by atoms with E-state index in [2.05, 4.69) is 42.5 Å². The maximum atomic E-state index is 14.0. The number of pyridine rings is 1. The largest absolute Gasteiger partial charge is 0.507 e. The molecule has 5 unspecified atom stereocenters. The van der Waals surface area contributed by atoms with Gasteiger partial charge in [0.1, 0.15) is 52.7 Å². The number of nitriles is 1. The number of carbonyl (C=O) groups is 8. The number of amides is 6. The van der Waals surface area contributed by atoms with E-state index in [1.165, 1.54) is 61.9 Å². The van der Waals surface area contributed by atoms with Crippen molar-refractivity contribution in [3.8, 4) is 34.4 Å². The van der Waals surface area contributed by atoms with Gasteiger partial charge >= 0.3 is 6.09 Å². The number of aromatic nitrogens is 1. The van der Waals surface area contributed by atoms with Crippen LogP contribution in [0.15, 0.2) is 83.9 Å². The molecule has 2 saturated heterocycles. The average molecular weight is 1380 g/mol. The van der Waals surface area contributed by atoms with Gasteiger partial charge in [-0.2, -0.15) is 5.26 Å². The Morgan fingerprint density at radius 1 is 0.758 bits per heavy atom. The molecule has 530 valence electrons. The fourth-order valence-electron chi connectivity index (χ4n) is 12.8. The van der Waals surface area contributed by atoms with Crippen LogP contribution >= 0.6 is 11.8 Å². The predicted molar refractivity (Wildman–Crippen MR) is 369 cm³/mol. The molecule has 5 aromatic rings. The van der Waals surface area contributed by atoms with Gasteiger partial charge in [-0.05, 0) is 99.7 Å². The number of aromatic hydroxyl groups is 2. The number of phenolic OH excluding ortho intramolecular Hbond substituents is 2. The number of carbonyl (C=O) groups excluding carboxylic acids is 8. The van der Waals surface area contributed by atoms with Crippen LogP contribution in [0.5, 0.6) is 17.2 Å². The van der Waals surface area contributed by atoms with Crippen LogP contribution in [-0.2, 0) is 51.0 Å². The smallest absolute Gasteiger partial charge is 0.409 e. The zero-order valence-electron chi connectivity index (χ0n) is 57.6. The van der Waals surface area contributed by atoms with E-state index in [0.717, 1.165) is 48.4 Å². The Hall–Kier alpha value is -8.97. The summed E-state index contributed by atoms with van der Waals surface area (Å²) in [6.07, 6.45) is 0.512. The lowest BCUT2D eigenvalue weighted by atomic mass is 9.75. The van der Waals surface area contributed by atoms with Gasteiger partial charge in [0.25, 0.3) is 5.91 Å². The van der Waals surface area contributed by atoms with Gasteiger partial charge in [-0.15, -0.1) is 11.8 Å². The minimum Gasteiger partial charge on any atom is -0.507 e. The van der Waals surface area contributed by atoms with E-state index in [4.69, 9.17) is 23.7 Å². The molecule has 4 aromatic carbocycles. The molecule has 99 heavy (non-hydrogen) atoms. The van der Waals surface area contributed by atoms with Crippen molar-refractivity contribution in [1.29, 1.82) is 5.26 Å². The van der Waals surface area contributed by atoms with Gasteiger partial charge in [0, 0.05) is 106 Å². The third-order valence-electron chi connectivity index (χ3n) is 18.0. The minimum atomic E-state index is -1.02. The Bertz CT molecular complexity index is 3760. The Morgan fingerprint density at radius 3 is 2.07 bits per heavy atom. The number of hydrogen-bond acceptors (Lipinski definition) is 20. The number of methoxy groups -OCH3 is 2. The van der Waals surface area contributed by atoms with Gasteiger partial charge in [-0.3, -0.25) is 38.5 Å². The summed E-state index contributed by atoms with van der Waals surface area (Å²) < 4.78 is 27.4. The second kappa shape index (κ2) is 35.7. The molecular formula is C73H91N9O16S. The Kier molecular flexibility index (Phi) is 27.3. The number of benzene rings is 4. The molecule has 8 N–H and O–H groups in total. The molecule has 0 bridgehead atoms. The fraction of sp³-hybridized carbons (Fsp3) is 0.479. The summed E-state index contributed by atoms with van der Waals surface area (Å²) in [5.74, 6) is -5.33. The van der Waals surface area contributed by atoms with Crippen LogP contribution in [0.2, 0.25) is 0 Å². The van der Waals surface area contributed by atoms with Gasteiger partial charge in [0.2, 0.25) is 29.4 Å². The molecule has 1 aromatic heterocycles. The van der Waals surface area contributed by atoms with Crippen molar-refractivity contribution in [2.45, 2.75) is 146 Å². The number of nitrogens with one attached hydrogen (secondary N) is 5. The van der Waals surface area contributed by atoms with E-state index in [9.17, 15) is 58.9 Å². The number of phenols is 2. The lowest BCUT2D eigenvalue weighted by Crippen LogP contribution is -2.57. The lowest BCUT2D eigenvalue weighted by molar-refractivity contribution is -0.190. The van der Waals surface area contributed by atoms with Gasteiger partial charge < -0.3 is 70.5 Å². The maximum absolute atomic E-state index is 14.0. The number of aliphatic hydroxyl groups is 1. The second-order valence-electron chi connectivity index (χ2n) is 24.8. The van der Waals surface area contributed by atoms with Crippen molar-refractivity contribution in [2.75, 3.05) is 79.9 Å². The number of nitrogens with zero attached hydrogens (tertiary/aromatic N) is 4. The summed E-state index contributed by atoms with van der Waals surface area (Å²) in [4.78, 5) is 115. The Morgan fingerprint density at radius 2 is 1.40 bits per heavy atom. The number of aliphatic hydroxyl groups excluding tert-OH is 1. The van der Waals surface area contributed by atoms with Gasteiger partial charge in [0.15, 0.2) is 12.1 Å². The van der Waals surface area contributed by atoms with E-state index in [-0.39, 0.29) is 140 Å². The summed E-state index contributed by atoms with van der Waals surface area (Å²) >= 11 is 1.35. The van der Waals surface area contributed by atoms with Crippen molar-refractivity contribution in [1.82, 2.24) is 41.4 Å². The van der Waals surface area contributed by atoms with Crippen molar-refractivity contribution in [2.24, 2.45) is 5.92 Å². The number of ketones is 2. The molecule has 2 aliphatic heterocycles. The molecular weight excluding hydrogens is 1290 g/mol. The molecule has 0 saturated carbocycles. The SMILES string of the molecule is CC.COC1CN(C2CCOC(C)C2O)CCO1.COc1cccc2c1C(=O)c1c(O)c3c(c(O)c1C2=O)C[C@@H](C(=O)NCCCN(CCCNC(=O)C(C)NC(=O)[C@H](C)NC(=O)CCNC(=O)c1ccc(C#N)c(SC(C)C)n1)C(=O)OCC1c2ccccc2-c2ccccc21)CC3. The van der Waals surface area contributed by atoms with E-state index >= 15 is 0 Å². The molecule has 7 atom stereocenters. The van der Waals surface area contributed by atoms with Crippen LogP contribution < -0.4 is 31.3 Å². The van der Waals surface area contributed by atoms with Crippen LogP contribution in [0.25, 0.3) is 11.1 Å². The van der Waals surface area contributed by atoms with E-state index in [1.54, 1.807) is 13.2 Å². The van der Waals surface area contributed by atoms with Crippen LogP contribution in [0.4, 0.5) is 4.79 Å². The Labute approximate surface area is 581 Å². The first-order chi connectivity index (χ1) is 47.6. The highest BCUT2D eigenvalue weighted by Crippen LogP contribution is 2.48. The van der Waals surface area contributed by atoms with Gasteiger partial charge in [-0.25, -0.2) is 9.78 Å². The molecule has 26 heteroatoms. The standard InChI is InChI=1S/C60H64N8O12S.C11H21NO4.C2H6/c1-32(2)81-59-36(30-61)20-22-45(67-59)58(77)64-26-23-47(69)65-34(4)56(75)66-33(3)55(74)62-24-11-27-68(60(78)80-31-44-39-15-8-6-13-37(39)38-14-7-9-16-40(38)44)28-12-25-63-57(76)35-19-21-41-43(29-35)53(72)49-50(51(41)70)54(73)48-42(52(49)71)17-10-18-46(48)79-5;1-8-11(13)9(3-5-15-8)12-4-6-16-10(7-12)14-2;1-2/h6-10,13-18,20,22,32-35,44,70,72H,11-12,19,21,23-29,31H2,1-5H3,(H,62,74)(H,63,76)(H,64,77)(H,65,69)(H,66,75);8-11,13H,3-7H2,1-2H3;1-2H3/t33?,34-,35-;;/m0../s1. The van der Waals surface area contributed by atoms with Gasteiger partial charge in [-0.1, -0.05) is 88.4 Å². The molecule has 3 aliphatic carbocycles. The summed E-state index contributed by atoms with van der Waals surface area (Å²) in [5.41, 5.74) is 4.61. The van der Waals surface area contributed by atoms with Crippen LogP contribution in [-0.4, -0.2) is 199 Å². The lowest BCUT2D eigenvalue weighted by Gasteiger charge is -2.43. The van der Waals surface area contributed by atoms with Crippen molar-refractivity contribution < 1.29 is 77.4 Å². The average Bonchev–Trinajstić information content (AvgIpc) is 1.35. The Balaban J connectivity index is 0.000000601. The predicted octanol–water partition coefficient (Wildman–Crippen LogP) is 6.70. The summed E-state index contributed by atoms with van der Waals surface area (Å²) in [5, 5.41) is 56.5. The van der Waals surface area contributed by atoms with E-state index in [1.807, 2.05) is 83.1 Å². The molecule has 10 rings (SSSR count). The highest BCUT2D eigenvalue weighted by molar-refractivity contribution is 7.99. The third-order valence-corrected chi connectivity index (χ3v) is 19.0. The van der Waals surface area contributed by atoms with Crippen molar-refractivity contribution in [3.63, 3.8) is 0 Å². The zero-order chi connectivity index (χ0) is 71.6. The monoisotopic (exact) mass is 1380 g/mol. The van der Waals surface area contributed by atoms with Crippen molar-refractivity contribution >= 4 is 59.0 Å². The van der Waals surface area contributed by atoms with Crippen LogP contribution in [0.1, 0.15) is 157 Å². The van der Waals surface area contributed by atoms with Crippen molar-refractivity contribution in [3.05, 3.63) is 135 Å². The van der Waals surface area contributed by atoms with E-state index in [0.29, 0.717) is 35.6 Å². The zero-order valence-corrected chi connectivity index (χ0v) is 58.4. The molecule has 0 spiro atoms. The third kappa shape index (κ3) is 18.3. The molecule has 2 fully saturated rings. The second-order valence-corrected chi connectivity index (χ2v) is 26.3. The number of fused-ring (bicyclic) bond motifs is 6. The number of morpholine rings is 1. The van der Waals surface area contributed by atoms with Gasteiger partial charge in [0.05, 0.1) is 48.2 Å². The van der Waals surface area contributed by atoms with Crippen LogP contribution in [0.3, 0.4) is 0 Å². The quantitative estimate of drug-likeness (QED) is 0.0177. The number of hydrogen-bond donors (Lipinski definition) is 8. The molecule has 0 radical (unpaired) electrons. The summed E-state index contributed by atoms with van der Waals surface area (Å²) in [6, 6.07) is 23.6. The number of thioether (sulfide) groups is 1.